The van der Waals surface area contributed by atoms with Gasteiger partial charge in [0.15, 0.2) is 6.10 Å². The number of rotatable bonds is 16. The summed E-state index contributed by atoms with van der Waals surface area (Å²) in [6.07, 6.45) is -2.19. The Morgan fingerprint density at radius 3 is 1.78 bits per heavy atom. The number of carbonyl (C=O) groups excluding carboxylic acids is 4. The predicted molar refractivity (Wildman–Crippen MR) is 184 cm³/mol. The largest absolute Gasteiger partial charge is 0.497 e. The lowest BCUT2D eigenvalue weighted by Gasteiger charge is -2.27. The Hall–Kier alpha value is -5.68. The Morgan fingerprint density at radius 2 is 1.18 bits per heavy atom. The normalized spacial score (nSPS) is 13.1. The van der Waals surface area contributed by atoms with Gasteiger partial charge >= 0.3 is 6.09 Å². The van der Waals surface area contributed by atoms with Crippen LogP contribution in [0.3, 0.4) is 0 Å². The lowest BCUT2D eigenvalue weighted by Crippen LogP contribution is -2.58. The van der Waals surface area contributed by atoms with Gasteiger partial charge in [-0.25, -0.2) is 4.79 Å². The first-order valence-electron chi connectivity index (χ1n) is 16.0. The minimum atomic E-state index is -1.61. The van der Waals surface area contributed by atoms with Crippen molar-refractivity contribution in [1.82, 2.24) is 21.3 Å². The highest BCUT2D eigenvalue weighted by molar-refractivity contribution is 5.92. The van der Waals surface area contributed by atoms with Crippen LogP contribution in [0, 0.1) is 0 Å². The molecule has 49 heavy (non-hydrogen) atoms. The Kier molecular flexibility index (Phi) is 13.7. The lowest BCUT2D eigenvalue weighted by atomic mass is 9.98. The number of hydrogen-bond acceptors (Lipinski definition) is 7. The van der Waals surface area contributed by atoms with Gasteiger partial charge in [0.25, 0.3) is 5.91 Å². The molecule has 0 radical (unpaired) electrons. The van der Waals surface area contributed by atoms with Gasteiger partial charge in [0.2, 0.25) is 11.8 Å². The van der Waals surface area contributed by atoms with Crippen molar-refractivity contribution in [2.45, 2.75) is 57.1 Å². The summed E-state index contributed by atoms with van der Waals surface area (Å²) in [4.78, 5) is 52.8. The van der Waals surface area contributed by atoms with Crippen molar-refractivity contribution >= 4 is 23.8 Å². The summed E-state index contributed by atoms with van der Waals surface area (Å²) in [6.45, 7) is 1.69. The molecule has 4 atom stereocenters. The van der Waals surface area contributed by atoms with E-state index >= 15 is 0 Å². The molecule has 4 aromatic rings. The molecule has 4 aromatic carbocycles. The Morgan fingerprint density at radius 1 is 0.633 bits per heavy atom. The first-order chi connectivity index (χ1) is 23.7. The number of carbonyl (C=O) groups is 4. The van der Waals surface area contributed by atoms with Gasteiger partial charge in [-0.15, -0.1) is 0 Å². The fourth-order valence-corrected chi connectivity index (χ4v) is 4.98. The van der Waals surface area contributed by atoms with Crippen molar-refractivity contribution in [3.05, 3.63) is 138 Å². The summed E-state index contributed by atoms with van der Waals surface area (Å²) in [6, 6.07) is 31.3. The summed E-state index contributed by atoms with van der Waals surface area (Å²) < 4.78 is 10.5. The molecule has 0 aliphatic rings. The van der Waals surface area contributed by atoms with Crippen LogP contribution in [0.2, 0.25) is 0 Å². The van der Waals surface area contributed by atoms with Crippen LogP contribution in [-0.2, 0) is 45.1 Å². The van der Waals surface area contributed by atoms with E-state index in [-0.39, 0.29) is 26.0 Å². The van der Waals surface area contributed by atoms with Crippen LogP contribution in [0.15, 0.2) is 115 Å². The Balaban J connectivity index is 1.48. The lowest BCUT2D eigenvalue weighted by molar-refractivity contribution is -0.134. The third-order valence-corrected chi connectivity index (χ3v) is 7.76. The number of aliphatic hydroxyl groups is 1. The van der Waals surface area contributed by atoms with E-state index in [2.05, 4.69) is 21.3 Å². The molecule has 0 heterocycles. The smallest absolute Gasteiger partial charge is 0.408 e. The van der Waals surface area contributed by atoms with Gasteiger partial charge in [0.1, 0.15) is 24.4 Å². The zero-order chi connectivity index (χ0) is 35.0. The number of alkyl carbamates (subject to hydrolysis) is 1. The number of aliphatic hydroxyl groups excluding tert-OH is 1. The molecule has 1 unspecified atom stereocenters. The molecule has 11 nitrogen and oxygen atoms in total. The van der Waals surface area contributed by atoms with Gasteiger partial charge in [-0.2, -0.15) is 0 Å². The predicted octanol–water partition coefficient (Wildman–Crippen LogP) is 3.44. The van der Waals surface area contributed by atoms with Crippen LogP contribution in [0.4, 0.5) is 4.79 Å². The van der Waals surface area contributed by atoms with Gasteiger partial charge < -0.3 is 35.8 Å². The van der Waals surface area contributed by atoms with Gasteiger partial charge in [-0.05, 0) is 47.7 Å². The zero-order valence-corrected chi connectivity index (χ0v) is 27.5. The number of methoxy groups -OCH3 is 1. The topological polar surface area (TPSA) is 155 Å². The van der Waals surface area contributed by atoms with E-state index in [1.807, 2.05) is 78.9 Å². The van der Waals surface area contributed by atoms with Crippen LogP contribution in [0.25, 0.3) is 0 Å². The summed E-state index contributed by atoms with van der Waals surface area (Å²) in [7, 11) is 1.54. The molecule has 0 bridgehead atoms. The molecular weight excluding hydrogens is 624 g/mol. The van der Waals surface area contributed by atoms with Crippen LogP contribution in [0.5, 0.6) is 5.75 Å². The minimum Gasteiger partial charge on any atom is -0.497 e. The molecule has 0 saturated heterocycles. The summed E-state index contributed by atoms with van der Waals surface area (Å²) >= 11 is 0. The third-order valence-electron chi connectivity index (χ3n) is 7.76. The van der Waals surface area contributed by atoms with E-state index in [9.17, 15) is 24.3 Å². The third kappa shape index (κ3) is 11.8. The molecule has 0 saturated carbocycles. The molecule has 0 aromatic heterocycles. The maximum atomic E-state index is 13.9. The molecule has 11 heteroatoms. The average molecular weight is 667 g/mol. The molecule has 0 spiro atoms. The van der Waals surface area contributed by atoms with Crippen molar-refractivity contribution in [3.63, 3.8) is 0 Å². The molecule has 4 rings (SSSR count). The highest BCUT2D eigenvalue weighted by atomic mass is 16.5. The number of amides is 4. The maximum absolute atomic E-state index is 13.9. The number of hydrogen-bond donors (Lipinski definition) is 5. The van der Waals surface area contributed by atoms with Crippen LogP contribution >= 0.6 is 0 Å². The van der Waals surface area contributed by atoms with E-state index in [0.29, 0.717) is 11.3 Å². The van der Waals surface area contributed by atoms with E-state index < -0.39 is 48.0 Å². The van der Waals surface area contributed by atoms with Crippen molar-refractivity contribution in [1.29, 1.82) is 0 Å². The van der Waals surface area contributed by atoms with Crippen LogP contribution in [-0.4, -0.2) is 60.3 Å². The summed E-state index contributed by atoms with van der Waals surface area (Å²) in [5.41, 5.74) is 3.13. The van der Waals surface area contributed by atoms with Crippen molar-refractivity contribution in [3.8, 4) is 5.75 Å². The van der Waals surface area contributed by atoms with E-state index in [1.165, 1.54) is 6.92 Å². The first kappa shape index (κ1) is 36.2. The fourth-order valence-electron chi connectivity index (χ4n) is 4.98. The summed E-state index contributed by atoms with van der Waals surface area (Å²) in [5, 5.41) is 22.0. The van der Waals surface area contributed by atoms with E-state index in [4.69, 9.17) is 9.47 Å². The second kappa shape index (κ2) is 18.6. The SMILES string of the molecule is COc1ccc(C[C@H](NC(=O)C(C)NC(=O)OCc2ccccc2)C(=O)N[C@@H](Cc2ccccc2)[C@H](O)C(=O)NCc2ccccc2)cc1. The van der Waals surface area contributed by atoms with Crippen molar-refractivity contribution in [2.24, 2.45) is 0 Å². The minimum absolute atomic E-state index is 0.0214. The molecule has 256 valence electrons. The molecule has 0 fully saturated rings. The average Bonchev–Trinajstić information content (AvgIpc) is 3.13. The van der Waals surface area contributed by atoms with Gasteiger partial charge in [0, 0.05) is 13.0 Å². The van der Waals surface area contributed by atoms with Crippen molar-refractivity contribution in [2.75, 3.05) is 7.11 Å². The second-order valence-electron chi connectivity index (χ2n) is 11.5. The van der Waals surface area contributed by atoms with Crippen molar-refractivity contribution < 1.29 is 33.8 Å². The first-order valence-corrected chi connectivity index (χ1v) is 16.0. The number of benzene rings is 4. The van der Waals surface area contributed by atoms with Crippen LogP contribution < -0.4 is 26.0 Å². The Labute approximate surface area is 286 Å². The van der Waals surface area contributed by atoms with Gasteiger partial charge in [-0.3, -0.25) is 14.4 Å². The monoisotopic (exact) mass is 666 g/mol. The van der Waals surface area contributed by atoms with E-state index in [0.717, 1.165) is 16.7 Å². The molecule has 5 N–H and O–H groups in total. The second-order valence-corrected chi connectivity index (χ2v) is 11.5. The summed E-state index contributed by atoms with van der Waals surface area (Å²) in [5.74, 6) is -1.30. The highest BCUT2D eigenvalue weighted by Gasteiger charge is 2.32. The van der Waals surface area contributed by atoms with E-state index in [1.54, 1.807) is 43.5 Å². The van der Waals surface area contributed by atoms with Gasteiger partial charge in [0.05, 0.1) is 13.2 Å². The van der Waals surface area contributed by atoms with Crippen LogP contribution in [0.1, 0.15) is 29.2 Å². The number of nitrogens with one attached hydrogen (secondary N) is 4. The molecule has 0 aliphatic heterocycles. The Bertz CT molecular complexity index is 1640. The van der Waals surface area contributed by atoms with Gasteiger partial charge in [-0.1, -0.05) is 103 Å². The number of ether oxygens (including phenoxy) is 2. The highest BCUT2D eigenvalue weighted by Crippen LogP contribution is 2.14. The molecular formula is C38H42N4O7. The molecule has 4 amide bonds. The molecule has 0 aliphatic carbocycles. The maximum Gasteiger partial charge on any atom is 0.408 e. The zero-order valence-electron chi connectivity index (χ0n) is 27.5. The quantitative estimate of drug-likeness (QED) is 0.123. The fraction of sp³-hybridized carbons (Fsp3) is 0.263. The standard InChI is InChI=1S/C38H42N4O7/c1-26(40-38(47)49-25-30-16-10-5-11-17-30)35(44)42-33(23-28-18-20-31(48-2)21-19-28)36(45)41-32(22-27-12-6-3-7-13-27)34(43)37(46)39-24-29-14-8-4-9-15-29/h3-21,26,32-34,43H,22-25H2,1-2H3,(H,39,46)(H,40,47)(H,41,45)(H,42,44)/t26?,32-,33-,34-/m0/s1.